The van der Waals surface area contributed by atoms with Crippen molar-refractivity contribution in [2.75, 3.05) is 18.8 Å². The van der Waals surface area contributed by atoms with Gasteiger partial charge < -0.3 is 5.73 Å². The van der Waals surface area contributed by atoms with E-state index in [4.69, 9.17) is 5.73 Å². The van der Waals surface area contributed by atoms with Crippen LogP contribution in [0.25, 0.3) is 0 Å². The lowest BCUT2D eigenvalue weighted by atomic mass is 9.91. The van der Waals surface area contributed by atoms with E-state index < -0.39 is 0 Å². The predicted molar refractivity (Wildman–Crippen MR) is 73.8 cm³/mol. The molecule has 1 aliphatic rings. The van der Waals surface area contributed by atoms with Crippen molar-refractivity contribution >= 4 is 5.69 Å². The van der Waals surface area contributed by atoms with Crippen molar-refractivity contribution in [2.45, 2.75) is 33.7 Å². The van der Waals surface area contributed by atoms with Crippen LogP contribution in [0.3, 0.4) is 0 Å². The molecule has 0 amide bonds. The maximum Gasteiger partial charge on any atom is 0.0346 e. The van der Waals surface area contributed by atoms with E-state index in [1.54, 1.807) is 0 Å². The fourth-order valence-electron chi connectivity index (χ4n) is 3.04. The van der Waals surface area contributed by atoms with Gasteiger partial charge in [0.05, 0.1) is 0 Å². The Morgan fingerprint density at radius 3 is 2.53 bits per heavy atom. The van der Waals surface area contributed by atoms with Gasteiger partial charge in [-0.05, 0) is 42.4 Å². The molecule has 17 heavy (non-hydrogen) atoms. The van der Waals surface area contributed by atoms with Crippen LogP contribution < -0.4 is 5.73 Å². The number of anilines is 1. The fourth-order valence-corrected chi connectivity index (χ4v) is 3.04. The average Bonchev–Trinajstić information content (AvgIpc) is 2.23. The van der Waals surface area contributed by atoms with Gasteiger partial charge in [-0.3, -0.25) is 4.90 Å². The number of nitrogens with two attached hydrogens (primary N) is 1. The van der Waals surface area contributed by atoms with Gasteiger partial charge >= 0.3 is 0 Å². The highest BCUT2D eigenvalue weighted by Gasteiger charge is 2.22. The zero-order chi connectivity index (χ0) is 12.4. The Balaban J connectivity index is 2.07. The third kappa shape index (κ3) is 3.01. The smallest absolute Gasteiger partial charge is 0.0346 e. The van der Waals surface area contributed by atoms with Crippen LogP contribution >= 0.6 is 0 Å². The minimum absolute atomic E-state index is 0.820. The summed E-state index contributed by atoms with van der Waals surface area (Å²) in [6.45, 7) is 10.3. The Bertz CT molecular complexity index is 377. The molecule has 2 rings (SSSR count). The number of nitrogens with zero attached hydrogens (tertiary/aromatic N) is 1. The Hall–Kier alpha value is -1.02. The molecule has 1 heterocycles. The molecule has 2 atom stereocenters. The maximum absolute atomic E-state index is 5.96. The second-order valence-electron chi connectivity index (χ2n) is 5.77. The van der Waals surface area contributed by atoms with E-state index in [-0.39, 0.29) is 0 Å². The normalized spacial score (nSPS) is 26.1. The topological polar surface area (TPSA) is 29.3 Å². The second kappa shape index (κ2) is 5.09. The highest BCUT2D eigenvalue weighted by molar-refractivity contribution is 5.49. The molecule has 0 radical (unpaired) electrons. The van der Waals surface area contributed by atoms with Crippen molar-refractivity contribution in [3.63, 3.8) is 0 Å². The number of benzene rings is 1. The molecule has 2 nitrogen and oxygen atoms in total. The van der Waals surface area contributed by atoms with Crippen LogP contribution in [-0.4, -0.2) is 18.0 Å². The van der Waals surface area contributed by atoms with Crippen LogP contribution in [0.5, 0.6) is 0 Å². The van der Waals surface area contributed by atoms with E-state index in [2.05, 4.69) is 37.8 Å². The molecule has 0 bridgehead atoms. The Kier molecular flexibility index (Phi) is 3.72. The summed E-state index contributed by atoms with van der Waals surface area (Å²) in [7, 11) is 0. The molecule has 0 spiro atoms. The van der Waals surface area contributed by atoms with E-state index in [0.29, 0.717) is 0 Å². The van der Waals surface area contributed by atoms with Crippen molar-refractivity contribution in [3.8, 4) is 0 Å². The lowest BCUT2D eigenvalue weighted by molar-refractivity contribution is 0.134. The maximum atomic E-state index is 5.96. The van der Waals surface area contributed by atoms with Crippen LogP contribution in [0.4, 0.5) is 5.69 Å². The Morgan fingerprint density at radius 1 is 1.24 bits per heavy atom. The van der Waals surface area contributed by atoms with Crippen LogP contribution in [0.2, 0.25) is 0 Å². The minimum atomic E-state index is 0.820. The van der Waals surface area contributed by atoms with Gasteiger partial charge in [-0.1, -0.05) is 26.0 Å². The summed E-state index contributed by atoms with van der Waals surface area (Å²) in [4.78, 5) is 2.57. The van der Waals surface area contributed by atoms with Crippen molar-refractivity contribution in [3.05, 3.63) is 29.3 Å². The molecule has 0 aliphatic carbocycles. The van der Waals surface area contributed by atoms with E-state index in [0.717, 1.165) is 24.1 Å². The summed E-state index contributed by atoms with van der Waals surface area (Å²) in [5.74, 6) is 1.64. The molecule has 1 fully saturated rings. The molecule has 0 aromatic heterocycles. The molecule has 2 N–H and O–H groups in total. The van der Waals surface area contributed by atoms with Gasteiger partial charge in [0.15, 0.2) is 0 Å². The fraction of sp³-hybridized carbons (Fsp3) is 0.600. The third-order valence-electron chi connectivity index (χ3n) is 3.83. The number of piperidine rings is 1. The first-order chi connectivity index (χ1) is 8.06. The van der Waals surface area contributed by atoms with E-state index >= 15 is 0 Å². The summed E-state index contributed by atoms with van der Waals surface area (Å²) in [5, 5.41) is 0. The van der Waals surface area contributed by atoms with E-state index in [1.807, 2.05) is 6.07 Å². The minimum Gasteiger partial charge on any atom is -0.399 e. The van der Waals surface area contributed by atoms with Gasteiger partial charge in [-0.2, -0.15) is 0 Å². The molecular formula is C15H24N2. The summed E-state index contributed by atoms with van der Waals surface area (Å²) in [6, 6.07) is 6.25. The zero-order valence-corrected chi connectivity index (χ0v) is 11.2. The van der Waals surface area contributed by atoms with Crippen molar-refractivity contribution in [2.24, 2.45) is 11.8 Å². The number of nitrogen functional groups attached to an aromatic ring is 1. The van der Waals surface area contributed by atoms with E-state index in [9.17, 15) is 0 Å². The molecule has 1 aromatic carbocycles. The molecule has 2 heteroatoms. The van der Waals surface area contributed by atoms with Gasteiger partial charge in [0.1, 0.15) is 0 Å². The van der Waals surface area contributed by atoms with Crippen molar-refractivity contribution < 1.29 is 0 Å². The Labute approximate surface area is 105 Å². The average molecular weight is 232 g/mol. The molecule has 94 valence electrons. The lowest BCUT2D eigenvalue weighted by Gasteiger charge is -2.35. The zero-order valence-electron chi connectivity index (χ0n) is 11.2. The van der Waals surface area contributed by atoms with Gasteiger partial charge in [-0.15, -0.1) is 0 Å². The number of likely N-dealkylation sites (tertiary alicyclic amines) is 1. The highest BCUT2D eigenvalue weighted by atomic mass is 15.1. The monoisotopic (exact) mass is 232 g/mol. The molecule has 1 saturated heterocycles. The van der Waals surface area contributed by atoms with Crippen LogP contribution in [0, 0.1) is 18.8 Å². The van der Waals surface area contributed by atoms with Gasteiger partial charge in [0.25, 0.3) is 0 Å². The van der Waals surface area contributed by atoms with Gasteiger partial charge in [-0.25, -0.2) is 0 Å². The van der Waals surface area contributed by atoms with Crippen LogP contribution in [-0.2, 0) is 6.54 Å². The molecule has 1 aliphatic heterocycles. The summed E-state index contributed by atoms with van der Waals surface area (Å²) < 4.78 is 0. The summed E-state index contributed by atoms with van der Waals surface area (Å²) in [5.41, 5.74) is 9.51. The largest absolute Gasteiger partial charge is 0.399 e. The third-order valence-corrected chi connectivity index (χ3v) is 3.83. The van der Waals surface area contributed by atoms with Gasteiger partial charge in [0.2, 0.25) is 0 Å². The molecule has 1 aromatic rings. The number of hydrogen-bond acceptors (Lipinski definition) is 2. The molecule has 2 unspecified atom stereocenters. The first-order valence-electron chi connectivity index (χ1n) is 6.62. The van der Waals surface area contributed by atoms with E-state index in [1.165, 1.54) is 30.6 Å². The quantitative estimate of drug-likeness (QED) is 0.794. The SMILES string of the molecule is Cc1c(N)cccc1CN1CC(C)CC(C)C1. The first-order valence-corrected chi connectivity index (χ1v) is 6.62. The standard InChI is InChI=1S/C15H24N2/c1-11-7-12(2)9-17(8-11)10-14-5-4-6-15(16)13(14)3/h4-6,11-12H,7-10,16H2,1-3H3. The van der Waals surface area contributed by atoms with Gasteiger partial charge in [0, 0.05) is 25.3 Å². The van der Waals surface area contributed by atoms with Crippen molar-refractivity contribution in [1.82, 2.24) is 4.90 Å². The number of rotatable bonds is 2. The van der Waals surface area contributed by atoms with Crippen LogP contribution in [0.1, 0.15) is 31.4 Å². The first kappa shape index (κ1) is 12.4. The summed E-state index contributed by atoms with van der Waals surface area (Å²) >= 11 is 0. The highest BCUT2D eigenvalue weighted by Crippen LogP contribution is 2.24. The molecular weight excluding hydrogens is 208 g/mol. The lowest BCUT2D eigenvalue weighted by Crippen LogP contribution is -2.38. The second-order valence-corrected chi connectivity index (χ2v) is 5.77. The predicted octanol–water partition coefficient (Wildman–Crippen LogP) is 3.06. The number of hydrogen-bond donors (Lipinski definition) is 1. The molecule has 0 saturated carbocycles. The Morgan fingerprint density at radius 2 is 1.88 bits per heavy atom. The van der Waals surface area contributed by atoms with Crippen LogP contribution in [0.15, 0.2) is 18.2 Å². The van der Waals surface area contributed by atoms with Crippen molar-refractivity contribution in [1.29, 1.82) is 0 Å². The summed E-state index contributed by atoms with van der Waals surface area (Å²) in [6.07, 6.45) is 1.37.